The van der Waals surface area contributed by atoms with Crippen LogP contribution >= 0.6 is 0 Å². The molecule has 0 aliphatic heterocycles. The maximum absolute atomic E-state index is 13.5. The van der Waals surface area contributed by atoms with Gasteiger partial charge in [0.2, 0.25) is 16.0 Å². The minimum atomic E-state index is -3.82. The number of halogens is 2. The van der Waals surface area contributed by atoms with Crippen molar-refractivity contribution < 1.29 is 22.0 Å². The molecule has 188 valence electrons. The molecule has 0 saturated heterocycles. The van der Waals surface area contributed by atoms with Crippen molar-refractivity contribution in [3.8, 4) is 6.07 Å². The fourth-order valence-electron chi connectivity index (χ4n) is 4.38. The van der Waals surface area contributed by atoms with Gasteiger partial charge in [-0.1, -0.05) is 6.07 Å². The third kappa shape index (κ3) is 5.28. The molecule has 1 aliphatic carbocycles. The highest BCUT2D eigenvalue weighted by Gasteiger charge is 2.42. The Morgan fingerprint density at radius 2 is 1.97 bits per heavy atom. The monoisotopic (exact) mass is 515 g/mol. The molecule has 0 radical (unpaired) electrons. The topological polar surface area (TPSA) is 156 Å². The van der Waals surface area contributed by atoms with Crippen molar-refractivity contribution in [2.24, 2.45) is 5.73 Å². The first-order valence-electron chi connectivity index (χ1n) is 11.0. The summed E-state index contributed by atoms with van der Waals surface area (Å²) < 4.78 is 56.7. The summed E-state index contributed by atoms with van der Waals surface area (Å²) in [6.07, 6.45) is 3.64. The average molecular weight is 516 g/mol. The number of amides is 1. The van der Waals surface area contributed by atoms with E-state index in [4.69, 9.17) is 5.73 Å². The number of nitrogens with two attached hydrogens (primary N) is 1. The molecule has 13 heteroatoms. The fraction of sp³-hybridized carbons (Fsp3) is 0.304. The first-order chi connectivity index (χ1) is 17.1. The quantitative estimate of drug-likeness (QED) is 0.388. The number of carbonyl (C=O) groups is 1. The molecule has 0 unspecified atom stereocenters. The van der Waals surface area contributed by atoms with E-state index in [2.05, 4.69) is 26.2 Å². The molecule has 2 aromatic heterocycles. The van der Waals surface area contributed by atoms with Gasteiger partial charge in [-0.25, -0.2) is 17.8 Å². The van der Waals surface area contributed by atoms with Crippen molar-refractivity contribution in [3.05, 3.63) is 66.1 Å². The maximum Gasteiger partial charge on any atom is 0.254 e. The minimum Gasteiger partial charge on any atom is -0.365 e. The molecule has 0 bridgehead atoms. The molecule has 3 aromatic rings. The SMILES string of the molecule is N#CCC1(n2cc(C(N)=O)c(Nc3ccnc(F)c3)n2)CCC(S(=O)(=O)Nc2cccc(F)c2)CC1. The summed E-state index contributed by atoms with van der Waals surface area (Å²) in [6, 6.07) is 9.92. The molecule has 4 rings (SSSR count). The Labute approximate surface area is 206 Å². The number of aromatic nitrogens is 3. The lowest BCUT2D eigenvalue weighted by atomic mass is 9.79. The highest BCUT2D eigenvalue weighted by Crippen LogP contribution is 2.40. The Bertz CT molecular complexity index is 1430. The van der Waals surface area contributed by atoms with E-state index in [0.717, 1.165) is 12.1 Å². The highest BCUT2D eigenvalue weighted by atomic mass is 32.2. The van der Waals surface area contributed by atoms with Gasteiger partial charge in [0.25, 0.3) is 5.91 Å². The van der Waals surface area contributed by atoms with Crippen LogP contribution in [-0.2, 0) is 15.6 Å². The molecule has 1 aliphatic rings. The van der Waals surface area contributed by atoms with Crippen LogP contribution in [0.1, 0.15) is 42.5 Å². The summed E-state index contributed by atoms with van der Waals surface area (Å²) in [5.74, 6) is -1.99. The normalized spacial score (nSPS) is 19.9. The van der Waals surface area contributed by atoms with Crippen LogP contribution in [0.5, 0.6) is 0 Å². The number of pyridine rings is 1. The number of carbonyl (C=O) groups excluding carboxylic acids is 1. The highest BCUT2D eigenvalue weighted by molar-refractivity contribution is 7.93. The molecule has 4 N–H and O–H groups in total. The number of nitrogens with one attached hydrogen (secondary N) is 2. The van der Waals surface area contributed by atoms with Gasteiger partial charge in [0, 0.05) is 24.1 Å². The average Bonchev–Trinajstić information content (AvgIpc) is 3.24. The zero-order valence-electron chi connectivity index (χ0n) is 19.0. The second kappa shape index (κ2) is 9.90. The molecule has 1 aromatic carbocycles. The Balaban J connectivity index is 1.57. The predicted molar refractivity (Wildman–Crippen MR) is 128 cm³/mol. The van der Waals surface area contributed by atoms with Gasteiger partial charge in [0.15, 0.2) is 5.82 Å². The van der Waals surface area contributed by atoms with Crippen LogP contribution in [0, 0.1) is 23.1 Å². The van der Waals surface area contributed by atoms with Crippen molar-refractivity contribution in [1.82, 2.24) is 14.8 Å². The lowest BCUT2D eigenvalue weighted by Gasteiger charge is -2.38. The van der Waals surface area contributed by atoms with Crippen LogP contribution in [0.3, 0.4) is 0 Å². The van der Waals surface area contributed by atoms with Crippen LogP contribution in [-0.4, -0.2) is 34.3 Å². The molecule has 0 spiro atoms. The van der Waals surface area contributed by atoms with E-state index in [1.54, 1.807) is 0 Å². The number of benzene rings is 1. The number of hydrogen-bond donors (Lipinski definition) is 3. The van der Waals surface area contributed by atoms with Crippen molar-refractivity contribution in [2.75, 3.05) is 10.0 Å². The largest absolute Gasteiger partial charge is 0.365 e. The standard InChI is InChI=1S/C23H23F2N7O3S/c24-15-2-1-3-17(12-15)31-36(34,35)18-4-7-23(8-5-18,9-10-26)32-14-19(21(27)33)22(30-32)29-16-6-11-28-20(25)13-16/h1-3,6,11-14,18,31H,4-5,7-9H2,(H2,27,33)(H,28,29,30). The Kier molecular flexibility index (Phi) is 6.89. The summed E-state index contributed by atoms with van der Waals surface area (Å²) in [6.45, 7) is 0. The minimum absolute atomic E-state index is 0.0142. The van der Waals surface area contributed by atoms with Crippen LogP contribution in [0.4, 0.5) is 26.0 Å². The summed E-state index contributed by atoms with van der Waals surface area (Å²) in [5, 5.41) is 16.0. The number of rotatable bonds is 8. The Morgan fingerprint density at radius 1 is 1.22 bits per heavy atom. The van der Waals surface area contributed by atoms with Crippen molar-refractivity contribution in [3.63, 3.8) is 0 Å². The molecule has 10 nitrogen and oxygen atoms in total. The van der Waals surface area contributed by atoms with Gasteiger partial charge in [0.05, 0.1) is 29.0 Å². The molecule has 1 fully saturated rings. The van der Waals surface area contributed by atoms with Crippen LogP contribution < -0.4 is 15.8 Å². The van der Waals surface area contributed by atoms with Crippen LogP contribution in [0.2, 0.25) is 0 Å². The second-order valence-corrected chi connectivity index (χ2v) is 10.6. The summed E-state index contributed by atoms with van der Waals surface area (Å²) >= 11 is 0. The number of nitrogens with zero attached hydrogens (tertiary/aromatic N) is 4. The second-order valence-electron chi connectivity index (χ2n) is 8.61. The van der Waals surface area contributed by atoms with Gasteiger partial charge in [-0.2, -0.15) is 14.8 Å². The zero-order valence-corrected chi connectivity index (χ0v) is 19.8. The van der Waals surface area contributed by atoms with E-state index in [9.17, 15) is 27.3 Å². The van der Waals surface area contributed by atoms with Gasteiger partial charge < -0.3 is 11.1 Å². The lowest BCUT2D eigenvalue weighted by molar-refractivity contribution is 0.100. The van der Waals surface area contributed by atoms with E-state index in [0.29, 0.717) is 5.69 Å². The molecule has 2 heterocycles. The molecule has 36 heavy (non-hydrogen) atoms. The van der Waals surface area contributed by atoms with Crippen LogP contribution in [0.25, 0.3) is 0 Å². The van der Waals surface area contributed by atoms with Crippen molar-refractivity contribution in [1.29, 1.82) is 5.26 Å². The van der Waals surface area contributed by atoms with Crippen molar-refractivity contribution in [2.45, 2.75) is 42.9 Å². The number of anilines is 3. The maximum atomic E-state index is 13.5. The van der Waals surface area contributed by atoms with Gasteiger partial charge in [-0.05, 0) is 49.9 Å². The molecule has 0 atom stereocenters. The van der Waals surface area contributed by atoms with Gasteiger partial charge >= 0.3 is 0 Å². The van der Waals surface area contributed by atoms with E-state index in [1.165, 1.54) is 41.3 Å². The van der Waals surface area contributed by atoms with Crippen molar-refractivity contribution >= 4 is 33.1 Å². The smallest absolute Gasteiger partial charge is 0.254 e. The van der Waals surface area contributed by atoms with E-state index in [-0.39, 0.29) is 49.2 Å². The summed E-state index contributed by atoms with van der Waals surface area (Å²) in [4.78, 5) is 15.6. The van der Waals surface area contributed by atoms with Crippen LogP contribution in [0.15, 0.2) is 48.8 Å². The Morgan fingerprint density at radius 3 is 2.61 bits per heavy atom. The first kappa shape index (κ1) is 25.1. The fourth-order valence-corrected chi connectivity index (χ4v) is 5.86. The van der Waals surface area contributed by atoms with E-state index in [1.807, 2.05) is 0 Å². The zero-order chi connectivity index (χ0) is 25.9. The number of hydrogen-bond acceptors (Lipinski definition) is 7. The molecule has 1 amide bonds. The molecular weight excluding hydrogens is 492 g/mol. The number of primary amides is 1. The summed E-state index contributed by atoms with van der Waals surface area (Å²) in [7, 11) is -3.82. The third-order valence-corrected chi connectivity index (χ3v) is 8.12. The predicted octanol–water partition coefficient (Wildman–Crippen LogP) is 3.39. The molecular formula is C23H23F2N7O3S. The van der Waals surface area contributed by atoms with E-state index >= 15 is 0 Å². The number of sulfonamides is 1. The lowest BCUT2D eigenvalue weighted by Crippen LogP contribution is -2.42. The third-order valence-electron chi connectivity index (χ3n) is 6.25. The van der Waals surface area contributed by atoms with E-state index < -0.39 is 38.5 Å². The summed E-state index contributed by atoms with van der Waals surface area (Å²) in [5.41, 5.74) is 5.10. The van der Waals surface area contributed by atoms with Gasteiger partial charge in [-0.15, -0.1) is 0 Å². The number of nitriles is 1. The Hall–Kier alpha value is -4.05. The van der Waals surface area contributed by atoms with Gasteiger partial charge in [-0.3, -0.25) is 14.2 Å². The first-order valence-corrected chi connectivity index (χ1v) is 12.6. The molecule has 1 saturated carbocycles. The van der Waals surface area contributed by atoms with Gasteiger partial charge in [0.1, 0.15) is 11.4 Å².